The van der Waals surface area contributed by atoms with Crippen LogP contribution in [0.2, 0.25) is 0 Å². The first-order valence-corrected chi connectivity index (χ1v) is 8.41. The fraction of sp³-hybridized carbons (Fsp3) is 0.400. The molecule has 0 radical (unpaired) electrons. The zero-order valence-electron chi connectivity index (χ0n) is 11.9. The van der Waals surface area contributed by atoms with Crippen LogP contribution in [0.3, 0.4) is 0 Å². The number of pyridine rings is 1. The van der Waals surface area contributed by atoms with Crippen molar-refractivity contribution in [2.24, 2.45) is 0 Å². The molecule has 2 aromatic rings. The highest BCUT2D eigenvalue weighted by Gasteiger charge is 2.05. The average Bonchev–Trinajstić information content (AvgIpc) is 2.82. The van der Waals surface area contributed by atoms with E-state index in [0.717, 1.165) is 37.6 Å². The van der Waals surface area contributed by atoms with Crippen molar-refractivity contribution in [1.82, 2.24) is 15.2 Å². The van der Waals surface area contributed by atoms with Gasteiger partial charge in [0.2, 0.25) is 0 Å². The predicted molar refractivity (Wildman–Crippen MR) is 88.8 cm³/mol. The number of halogens is 1. The first-order chi connectivity index (χ1) is 9.67. The lowest BCUT2D eigenvalue weighted by Crippen LogP contribution is -2.19. The summed E-state index contributed by atoms with van der Waals surface area (Å²) in [5.74, 6) is 0. The molecule has 20 heavy (non-hydrogen) atoms. The summed E-state index contributed by atoms with van der Waals surface area (Å²) >= 11 is 5.23. The molecule has 0 atom stereocenters. The van der Waals surface area contributed by atoms with E-state index in [0.29, 0.717) is 0 Å². The number of nitrogens with one attached hydrogen (secondary N) is 1. The molecule has 0 amide bonds. The minimum Gasteiger partial charge on any atom is -0.311 e. The van der Waals surface area contributed by atoms with E-state index in [9.17, 15) is 0 Å². The summed E-state index contributed by atoms with van der Waals surface area (Å²) in [4.78, 5) is 6.97. The highest BCUT2D eigenvalue weighted by molar-refractivity contribution is 9.11. The second-order valence-electron chi connectivity index (χ2n) is 4.83. The first-order valence-electron chi connectivity index (χ1n) is 6.74. The Kier molecular flexibility index (Phi) is 6.16. The van der Waals surface area contributed by atoms with Crippen molar-refractivity contribution in [2.75, 3.05) is 13.6 Å². The van der Waals surface area contributed by atoms with Crippen molar-refractivity contribution in [3.05, 3.63) is 50.4 Å². The van der Waals surface area contributed by atoms with Crippen LogP contribution in [0.15, 0.2) is 33.4 Å². The Morgan fingerprint density at radius 2 is 2.10 bits per heavy atom. The molecule has 2 aromatic heterocycles. The molecular weight excluding hydrogens is 334 g/mol. The lowest BCUT2D eigenvalue weighted by molar-refractivity contribution is 0.315. The van der Waals surface area contributed by atoms with E-state index in [-0.39, 0.29) is 0 Å². The summed E-state index contributed by atoms with van der Waals surface area (Å²) in [6, 6.07) is 8.43. The largest absolute Gasteiger partial charge is 0.311 e. The van der Waals surface area contributed by atoms with E-state index >= 15 is 0 Å². The lowest BCUT2D eigenvalue weighted by Gasteiger charge is -2.15. The first kappa shape index (κ1) is 15.6. The number of hydrogen-bond donors (Lipinski definition) is 1. The van der Waals surface area contributed by atoms with E-state index in [1.54, 1.807) is 11.3 Å². The van der Waals surface area contributed by atoms with Crippen LogP contribution >= 0.6 is 27.3 Å². The maximum absolute atomic E-state index is 4.69. The molecule has 0 aliphatic heterocycles. The van der Waals surface area contributed by atoms with Gasteiger partial charge in [0.25, 0.3) is 0 Å². The smallest absolute Gasteiger partial charge is 0.0701 e. The molecule has 0 saturated heterocycles. The van der Waals surface area contributed by atoms with E-state index in [1.807, 2.05) is 0 Å². The maximum atomic E-state index is 4.69. The van der Waals surface area contributed by atoms with Gasteiger partial charge in [-0.3, -0.25) is 9.88 Å². The minimum atomic E-state index is 0.839. The molecule has 0 fully saturated rings. The number of aromatic nitrogens is 1. The molecule has 3 nitrogen and oxygen atoms in total. The van der Waals surface area contributed by atoms with Gasteiger partial charge in [0.15, 0.2) is 0 Å². The lowest BCUT2D eigenvalue weighted by atomic mass is 10.2. The van der Waals surface area contributed by atoms with Crippen LogP contribution in [-0.4, -0.2) is 23.5 Å². The molecule has 0 saturated carbocycles. The molecule has 2 heterocycles. The van der Waals surface area contributed by atoms with Gasteiger partial charge < -0.3 is 5.32 Å². The average molecular weight is 354 g/mol. The topological polar surface area (TPSA) is 28.2 Å². The number of thiophene rings is 1. The summed E-state index contributed by atoms with van der Waals surface area (Å²) in [5, 5.41) is 5.50. The van der Waals surface area contributed by atoms with Gasteiger partial charge in [0.05, 0.1) is 15.2 Å². The molecule has 0 aliphatic rings. The van der Waals surface area contributed by atoms with Crippen molar-refractivity contribution in [3.8, 4) is 0 Å². The van der Waals surface area contributed by atoms with Crippen molar-refractivity contribution in [1.29, 1.82) is 0 Å². The van der Waals surface area contributed by atoms with Crippen LogP contribution in [-0.2, 0) is 19.6 Å². The fourth-order valence-electron chi connectivity index (χ4n) is 2.04. The Labute approximate surface area is 133 Å². The quantitative estimate of drug-likeness (QED) is 0.823. The fourth-order valence-corrected chi connectivity index (χ4v) is 3.24. The third kappa shape index (κ3) is 4.98. The zero-order valence-corrected chi connectivity index (χ0v) is 14.3. The Morgan fingerprint density at radius 1 is 1.30 bits per heavy atom. The van der Waals surface area contributed by atoms with Gasteiger partial charge in [0, 0.05) is 19.6 Å². The molecule has 0 aliphatic carbocycles. The Bertz CT molecular complexity index is 541. The van der Waals surface area contributed by atoms with E-state index in [1.165, 1.54) is 9.35 Å². The van der Waals surface area contributed by atoms with Crippen molar-refractivity contribution in [3.63, 3.8) is 0 Å². The maximum Gasteiger partial charge on any atom is 0.0701 e. The third-order valence-corrected chi connectivity index (χ3v) is 4.48. The van der Waals surface area contributed by atoms with E-state index < -0.39 is 0 Å². The van der Waals surface area contributed by atoms with Crippen LogP contribution in [0.25, 0.3) is 0 Å². The molecule has 108 valence electrons. The second-order valence-corrected chi connectivity index (χ2v) is 7.12. The van der Waals surface area contributed by atoms with Crippen LogP contribution in [0, 0.1) is 0 Å². The van der Waals surface area contributed by atoms with Crippen LogP contribution in [0.1, 0.15) is 23.9 Å². The third-order valence-electron chi connectivity index (χ3n) is 2.93. The molecule has 0 unspecified atom stereocenters. The number of hydrogen-bond acceptors (Lipinski definition) is 4. The van der Waals surface area contributed by atoms with Crippen LogP contribution < -0.4 is 5.32 Å². The standard InChI is InChI=1S/C15H20BrN3S/c1-3-17-8-13-5-4-6-14(18-13)10-19(2)9-12-7-15(16)20-11-12/h4-7,11,17H,3,8-10H2,1-2H3. The van der Waals surface area contributed by atoms with Gasteiger partial charge in [-0.1, -0.05) is 13.0 Å². The zero-order chi connectivity index (χ0) is 14.4. The Hall–Kier alpha value is -0.750. The minimum absolute atomic E-state index is 0.839. The highest BCUT2D eigenvalue weighted by Crippen LogP contribution is 2.21. The molecule has 0 spiro atoms. The van der Waals surface area contributed by atoms with Gasteiger partial charge in [-0.2, -0.15) is 0 Å². The number of nitrogens with zero attached hydrogens (tertiary/aromatic N) is 2. The normalized spacial score (nSPS) is 11.2. The second kappa shape index (κ2) is 7.88. The molecule has 2 rings (SSSR count). The Balaban J connectivity index is 1.91. The highest BCUT2D eigenvalue weighted by atomic mass is 79.9. The molecule has 5 heteroatoms. The summed E-state index contributed by atoms with van der Waals surface area (Å²) in [7, 11) is 2.13. The van der Waals surface area contributed by atoms with Crippen LogP contribution in [0.5, 0.6) is 0 Å². The summed E-state index contributed by atoms with van der Waals surface area (Å²) in [6.45, 7) is 5.73. The molecule has 1 N–H and O–H groups in total. The summed E-state index contributed by atoms with van der Waals surface area (Å²) in [5.41, 5.74) is 3.57. The SMILES string of the molecule is CCNCc1cccc(CN(C)Cc2csc(Br)c2)n1. The van der Waals surface area contributed by atoms with Gasteiger partial charge in [-0.25, -0.2) is 0 Å². The van der Waals surface area contributed by atoms with Crippen molar-refractivity contribution in [2.45, 2.75) is 26.6 Å². The number of rotatable bonds is 7. The van der Waals surface area contributed by atoms with Crippen molar-refractivity contribution >= 4 is 27.3 Å². The predicted octanol–water partition coefficient (Wildman–Crippen LogP) is 3.65. The molecule has 0 bridgehead atoms. The molecular formula is C15H20BrN3S. The summed E-state index contributed by atoms with van der Waals surface area (Å²) < 4.78 is 1.19. The van der Waals surface area contributed by atoms with Gasteiger partial charge in [-0.05, 0) is 58.7 Å². The monoisotopic (exact) mass is 353 g/mol. The van der Waals surface area contributed by atoms with E-state index in [2.05, 4.69) is 74.7 Å². The van der Waals surface area contributed by atoms with Crippen LogP contribution in [0.4, 0.5) is 0 Å². The van der Waals surface area contributed by atoms with Gasteiger partial charge >= 0.3 is 0 Å². The summed E-state index contributed by atoms with van der Waals surface area (Å²) in [6.07, 6.45) is 0. The Morgan fingerprint density at radius 3 is 2.80 bits per heavy atom. The molecule has 0 aromatic carbocycles. The van der Waals surface area contributed by atoms with E-state index in [4.69, 9.17) is 0 Å². The van der Waals surface area contributed by atoms with Gasteiger partial charge in [0.1, 0.15) is 0 Å². The van der Waals surface area contributed by atoms with Gasteiger partial charge in [-0.15, -0.1) is 11.3 Å². The van der Waals surface area contributed by atoms with Crippen molar-refractivity contribution < 1.29 is 0 Å².